The number of hydrogen-bond donors (Lipinski definition) is 2. The van der Waals surface area contributed by atoms with Crippen LogP contribution in [0.4, 0.5) is 0 Å². The average Bonchev–Trinajstić information content (AvgIpc) is 3.31. The fraction of sp³-hybridized carbons (Fsp3) is 0.562. The number of hydrogen-bond acceptors (Lipinski definition) is 5. The van der Waals surface area contributed by atoms with Crippen molar-refractivity contribution in [3.63, 3.8) is 0 Å². The van der Waals surface area contributed by atoms with Crippen molar-refractivity contribution in [1.82, 2.24) is 5.32 Å². The molecule has 1 aromatic carbocycles. The van der Waals surface area contributed by atoms with Gasteiger partial charge in [-0.05, 0) is 25.8 Å². The van der Waals surface area contributed by atoms with Crippen molar-refractivity contribution in [1.29, 1.82) is 0 Å². The number of aliphatic hydroxyl groups is 1. The molecule has 0 radical (unpaired) electrons. The molecule has 1 saturated carbocycles. The van der Waals surface area contributed by atoms with Crippen LogP contribution in [-0.4, -0.2) is 36.4 Å². The molecule has 1 aliphatic rings. The molecule has 0 spiro atoms. The number of ether oxygens (including phenoxy) is 2. The van der Waals surface area contributed by atoms with Crippen molar-refractivity contribution in [3.8, 4) is 5.75 Å². The van der Waals surface area contributed by atoms with Gasteiger partial charge in [-0.3, -0.25) is 4.79 Å². The Kier molecular flexibility index (Phi) is 6.02. The summed E-state index contributed by atoms with van der Waals surface area (Å²) in [4.78, 5) is 11.9. The van der Waals surface area contributed by atoms with E-state index < -0.39 is 0 Å². The number of para-hydroxylation sites is 1. The summed E-state index contributed by atoms with van der Waals surface area (Å²) in [6, 6.07) is 7.47. The van der Waals surface area contributed by atoms with Gasteiger partial charge in [0, 0.05) is 18.0 Å². The van der Waals surface area contributed by atoms with Gasteiger partial charge in [0.1, 0.15) is 11.8 Å². The summed E-state index contributed by atoms with van der Waals surface area (Å²) in [5.41, 5.74) is 0.750. The van der Waals surface area contributed by atoms with Gasteiger partial charge in [0.15, 0.2) is 0 Å². The van der Waals surface area contributed by atoms with Crippen molar-refractivity contribution < 1.29 is 19.4 Å². The average molecular weight is 293 g/mol. The Morgan fingerprint density at radius 2 is 2.19 bits per heavy atom. The van der Waals surface area contributed by atoms with Gasteiger partial charge in [-0.25, -0.2) is 0 Å². The smallest absolute Gasteiger partial charge is 0.323 e. The lowest BCUT2D eigenvalue weighted by atomic mass is 10.2. The summed E-state index contributed by atoms with van der Waals surface area (Å²) in [6.07, 6.45) is 2.78. The van der Waals surface area contributed by atoms with Crippen LogP contribution >= 0.6 is 0 Å². The Morgan fingerprint density at radius 3 is 2.86 bits per heavy atom. The first kappa shape index (κ1) is 15.8. The van der Waals surface area contributed by atoms with Crippen LogP contribution < -0.4 is 10.1 Å². The normalized spacial score (nSPS) is 15.5. The lowest BCUT2D eigenvalue weighted by Crippen LogP contribution is -2.40. The van der Waals surface area contributed by atoms with Gasteiger partial charge in [-0.15, -0.1) is 0 Å². The molecule has 5 nitrogen and oxygen atoms in total. The minimum absolute atomic E-state index is 0.0577. The monoisotopic (exact) mass is 293 g/mol. The van der Waals surface area contributed by atoms with Crippen LogP contribution in [0.2, 0.25) is 0 Å². The first-order valence-electron chi connectivity index (χ1n) is 7.48. The number of esters is 1. The molecule has 0 aromatic heterocycles. The number of nitrogens with one attached hydrogen (secondary N) is 1. The summed E-state index contributed by atoms with van der Waals surface area (Å²) < 4.78 is 10.8. The zero-order valence-electron chi connectivity index (χ0n) is 12.4. The van der Waals surface area contributed by atoms with E-state index in [0.717, 1.165) is 18.4 Å². The molecule has 2 rings (SSSR count). The summed E-state index contributed by atoms with van der Waals surface area (Å²) in [6.45, 7) is 2.54. The lowest BCUT2D eigenvalue weighted by molar-refractivity contribution is -0.146. The third-order valence-corrected chi connectivity index (χ3v) is 3.39. The summed E-state index contributed by atoms with van der Waals surface area (Å²) >= 11 is 0. The third kappa shape index (κ3) is 5.02. The van der Waals surface area contributed by atoms with Crippen LogP contribution in [0.15, 0.2) is 24.3 Å². The van der Waals surface area contributed by atoms with Gasteiger partial charge in [0.05, 0.1) is 19.8 Å². The maximum atomic E-state index is 11.9. The molecular formula is C16H23NO4. The van der Waals surface area contributed by atoms with E-state index in [0.29, 0.717) is 31.4 Å². The number of rotatable bonds is 9. The lowest BCUT2D eigenvalue weighted by Gasteiger charge is -2.17. The first-order chi connectivity index (χ1) is 10.2. The second kappa shape index (κ2) is 8.00. The van der Waals surface area contributed by atoms with E-state index in [1.54, 1.807) is 6.92 Å². The molecule has 1 aromatic rings. The Bertz CT molecular complexity index is 459. The quantitative estimate of drug-likeness (QED) is 0.677. The molecule has 1 unspecified atom stereocenters. The van der Waals surface area contributed by atoms with E-state index in [1.165, 1.54) is 0 Å². The van der Waals surface area contributed by atoms with Gasteiger partial charge in [0.25, 0.3) is 0 Å². The zero-order valence-corrected chi connectivity index (χ0v) is 12.4. The van der Waals surface area contributed by atoms with E-state index in [9.17, 15) is 9.90 Å². The number of benzene rings is 1. The Balaban J connectivity index is 1.84. The van der Waals surface area contributed by atoms with E-state index in [4.69, 9.17) is 9.47 Å². The molecule has 0 saturated heterocycles. The van der Waals surface area contributed by atoms with Crippen LogP contribution in [-0.2, 0) is 16.1 Å². The molecule has 1 fully saturated rings. The molecular weight excluding hydrogens is 270 g/mol. The maximum absolute atomic E-state index is 11.9. The molecule has 21 heavy (non-hydrogen) atoms. The maximum Gasteiger partial charge on any atom is 0.323 e. The highest BCUT2D eigenvalue weighted by atomic mass is 16.5. The van der Waals surface area contributed by atoms with Gasteiger partial charge in [-0.1, -0.05) is 18.2 Å². The van der Waals surface area contributed by atoms with Crippen LogP contribution in [0.1, 0.15) is 31.7 Å². The predicted octanol–water partition coefficient (Wildman–Crippen LogP) is 1.63. The van der Waals surface area contributed by atoms with Gasteiger partial charge in [0.2, 0.25) is 0 Å². The second-order valence-electron chi connectivity index (χ2n) is 5.15. The molecule has 1 aliphatic carbocycles. The molecule has 0 heterocycles. The van der Waals surface area contributed by atoms with E-state index >= 15 is 0 Å². The van der Waals surface area contributed by atoms with Crippen LogP contribution in [0, 0.1) is 0 Å². The SMILES string of the molecule is CCOC(=O)C(CCOc1ccccc1CO)NC1CC1. The predicted molar refractivity (Wildman–Crippen MR) is 79.1 cm³/mol. The Hall–Kier alpha value is -1.59. The van der Waals surface area contributed by atoms with Crippen LogP contribution in [0.25, 0.3) is 0 Å². The zero-order chi connectivity index (χ0) is 15.1. The van der Waals surface area contributed by atoms with Crippen molar-refractivity contribution in [2.75, 3.05) is 13.2 Å². The summed E-state index contributed by atoms with van der Waals surface area (Å²) in [5.74, 6) is 0.442. The molecule has 0 bridgehead atoms. The highest BCUT2D eigenvalue weighted by Crippen LogP contribution is 2.21. The van der Waals surface area contributed by atoms with Crippen molar-refractivity contribution in [2.45, 2.75) is 44.9 Å². The molecule has 0 amide bonds. The first-order valence-corrected chi connectivity index (χ1v) is 7.48. The van der Waals surface area contributed by atoms with E-state index in [1.807, 2.05) is 24.3 Å². The van der Waals surface area contributed by atoms with Crippen molar-refractivity contribution in [2.24, 2.45) is 0 Å². The topological polar surface area (TPSA) is 67.8 Å². The number of carbonyl (C=O) groups is 1. The van der Waals surface area contributed by atoms with E-state index in [2.05, 4.69) is 5.32 Å². The molecule has 116 valence electrons. The van der Waals surface area contributed by atoms with Crippen LogP contribution in [0.3, 0.4) is 0 Å². The fourth-order valence-electron chi connectivity index (χ4n) is 2.11. The number of aliphatic hydroxyl groups excluding tert-OH is 1. The highest BCUT2D eigenvalue weighted by Gasteiger charge is 2.29. The second-order valence-corrected chi connectivity index (χ2v) is 5.15. The minimum atomic E-state index is -0.321. The van der Waals surface area contributed by atoms with E-state index in [-0.39, 0.29) is 18.6 Å². The summed E-state index contributed by atoms with van der Waals surface area (Å²) in [7, 11) is 0. The van der Waals surface area contributed by atoms with Crippen molar-refractivity contribution in [3.05, 3.63) is 29.8 Å². The number of carbonyl (C=O) groups excluding carboxylic acids is 1. The molecule has 0 aliphatic heterocycles. The fourth-order valence-corrected chi connectivity index (χ4v) is 2.11. The van der Waals surface area contributed by atoms with Crippen LogP contribution in [0.5, 0.6) is 5.75 Å². The van der Waals surface area contributed by atoms with Gasteiger partial charge >= 0.3 is 5.97 Å². The largest absolute Gasteiger partial charge is 0.493 e. The Labute approximate surface area is 125 Å². The molecule has 5 heteroatoms. The molecule has 1 atom stereocenters. The minimum Gasteiger partial charge on any atom is -0.493 e. The van der Waals surface area contributed by atoms with Crippen molar-refractivity contribution >= 4 is 5.97 Å². The standard InChI is InChI=1S/C16H23NO4/c1-2-20-16(19)14(17-13-7-8-13)9-10-21-15-6-4-3-5-12(15)11-18/h3-6,13-14,17-18H,2,7-11H2,1H3. The molecule has 2 N–H and O–H groups in total. The third-order valence-electron chi connectivity index (χ3n) is 3.39. The summed E-state index contributed by atoms with van der Waals surface area (Å²) in [5, 5.41) is 12.5. The van der Waals surface area contributed by atoms with Gasteiger partial charge in [-0.2, -0.15) is 0 Å². The Morgan fingerprint density at radius 1 is 1.43 bits per heavy atom. The highest BCUT2D eigenvalue weighted by molar-refractivity contribution is 5.75. The van der Waals surface area contributed by atoms with Gasteiger partial charge < -0.3 is 19.9 Å².